The van der Waals surface area contributed by atoms with Crippen molar-refractivity contribution in [3.8, 4) is 0 Å². The van der Waals surface area contributed by atoms with Gasteiger partial charge in [0.1, 0.15) is 5.03 Å². The minimum atomic E-state index is -0.234. The van der Waals surface area contributed by atoms with Crippen LogP contribution < -0.4 is 5.32 Å². The quantitative estimate of drug-likeness (QED) is 0.653. The van der Waals surface area contributed by atoms with E-state index in [1.54, 1.807) is 36.4 Å². The second kappa shape index (κ2) is 6.41. The number of Topliss-reactive ketones (excluding diaryl/α,β-unsaturated/α-hetero) is 1. The molecule has 0 aliphatic rings. The van der Waals surface area contributed by atoms with E-state index in [4.69, 9.17) is 23.2 Å². The predicted molar refractivity (Wildman–Crippen MR) is 79.8 cm³/mol. The Bertz CT molecular complexity index is 609. The number of para-hydroxylation sites is 1. The summed E-state index contributed by atoms with van der Waals surface area (Å²) in [5, 5.41) is 3.58. The molecule has 0 heterocycles. The zero-order chi connectivity index (χ0) is 13.7. The Morgan fingerprint density at radius 2 is 1.63 bits per heavy atom. The van der Waals surface area contributed by atoms with Crippen molar-refractivity contribution in [2.45, 2.75) is 0 Å². The topological polar surface area (TPSA) is 29.1 Å². The number of carbonyl (C=O) groups excluding carboxylic acids is 1. The van der Waals surface area contributed by atoms with E-state index in [0.29, 0.717) is 16.3 Å². The maximum atomic E-state index is 12.0. The Morgan fingerprint density at radius 1 is 1.00 bits per heavy atom. The van der Waals surface area contributed by atoms with Crippen molar-refractivity contribution >= 4 is 34.7 Å². The number of halogens is 2. The van der Waals surface area contributed by atoms with Gasteiger partial charge in [-0.05, 0) is 12.1 Å². The van der Waals surface area contributed by atoms with Gasteiger partial charge in [-0.1, -0.05) is 65.7 Å². The number of ketones is 1. The minimum Gasteiger partial charge on any atom is -0.359 e. The SMILES string of the molecule is O=C(/C(Cl)=C/Nc1ccccc1Cl)c1ccccc1. The van der Waals surface area contributed by atoms with E-state index in [9.17, 15) is 4.79 Å². The fourth-order valence-corrected chi connectivity index (χ4v) is 1.87. The molecule has 0 amide bonds. The minimum absolute atomic E-state index is 0.103. The lowest BCUT2D eigenvalue weighted by Crippen LogP contribution is -2.01. The molecule has 0 saturated heterocycles. The molecule has 0 aliphatic carbocycles. The highest BCUT2D eigenvalue weighted by atomic mass is 35.5. The first kappa shape index (κ1) is 13.7. The monoisotopic (exact) mass is 291 g/mol. The Balaban J connectivity index is 2.12. The maximum absolute atomic E-state index is 12.0. The van der Waals surface area contributed by atoms with Crippen LogP contribution in [-0.4, -0.2) is 5.78 Å². The number of allylic oxidation sites excluding steroid dienone is 1. The molecule has 19 heavy (non-hydrogen) atoms. The summed E-state index contributed by atoms with van der Waals surface area (Å²) in [5.74, 6) is -0.234. The molecule has 0 unspecified atom stereocenters. The van der Waals surface area contributed by atoms with Gasteiger partial charge in [0.25, 0.3) is 0 Å². The maximum Gasteiger partial charge on any atom is 0.205 e. The van der Waals surface area contributed by atoms with Crippen LogP contribution in [0.15, 0.2) is 65.8 Å². The summed E-state index contributed by atoms with van der Waals surface area (Å²) in [4.78, 5) is 12.0. The Hall–Kier alpha value is -1.77. The van der Waals surface area contributed by atoms with E-state index in [1.807, 2.05) is 18.2 Å². The van der Waals surface area contributed by atoms with Gasteiger partial charge in [0, 0.05) is 11.8 Å². The van der Waals surface area contributed by atoms with Crippen molar-refractivity contribution in [1.29, 1.82) is 0 Å². The zero-order valence-corrected chi connectivity index (χ0v) is 11.4. The number of hydrogen-bond acceptors (Lipinski definition) is 2. The number of benzene rings is 2. The standard InChI is InChI=1S/C15H11Cl2NO/c16-12-8-4-5-9-14(12)18-10-13(17)15(19)11-6-2-1-3-7-11/h1-10,18H/b13-10-. The van der Waals surface area contributed by atoms with E-state index in [-0.39, 0.29) is 10.8 Å². The normalized spacial score (nSPS) is 11.2. The van der Waals surface area contributed by atoms with Crippen LogP contribution in [0.3, 0.4) is 0 Å². The molecule has 0 spiro atoms. The van der Waals surface area contributed by atoms with Crippen molar-refractivity contribution in [1.82, 2.24) is 0 Å². The van der Waals surface area contributed by atoms with Crippen molar-refractivity contribution in [2.75, 3.05) is 5.32 Å². The molecule has 0 fully saturated rings. The molecule has 1 N–H and O–H groups in total. The second-order valence-electron chi connectivity index (χ2n) is 3.81. The van der Waals surface area contributed by atoms with Crippen LogP contribution in [0.25, 0.3) is 0 Å². The molecule has 96 valence electrons. The van der Waals surface area contributed by atoms with Crippen molar-refractivity contribution in [2.24, 2.45) is 0 Å². The third kappa shape index (κ3) is 3.60. The van der Waals surface area contributed by atoms with Gasteiger partial charge in [0.05, 0.1) is 10.7 Å². The van der Waals surface area contributed by atoms with E-state index in [0.717, 1.165) is 0 Å². The number of hydrogen-bond donors (Lipinski definition) is 1. The Morgan fingerprint density at radius 3 is 2.32 bits per heavy atom. The lowest BCUT2D eigenvalue weighted by molar-refractivity contribution is 0.104. The van der Waals surface area contributed by atoms with Crippen LogP contribution >= 0.6 is 23.2 Å². The first-order valence-corrected chi connectivity index (χ1v) is 6.40. The first-order valence-electron chi connectivity index (χ1n) is 5.65. The van der Waals surface area contributed by atoms with Gasteiger partial charge in [-0.2, -0.15) is 0 Å². The summed E-state index contributed by atoms with van der Waals surface area (Å²) in [5.41, 5.74) is 1.24. The molecule has 2 nitrogen and oxygen atoms in total. The Kier molecular flexibility index (Phi) is 4.61. The van der Waals surface area contributed by atoms with E-state index in [2.05, 4.69) is 5.32 Å². The smallest absolute Gasteiger partial charge is 0.205 e. The highest BCUT2D eigenvalue weighted by Crippen LogP contribution is 2.21. The molecular formula is C15H11Cl2NO. The molecule has 0 atom stereocenters. The van der Waals surface area contributed by atoms with Crippen molar-refractivity contribution in [3.05, 3.63) is 76.4 Å². The molecule has 0 bridgehead atoms. The Labute approximate surface area is 121 Å². The van der Waals surface area contributed by atoms with Gasteiger partial charge >= 0.3 is 0 Å². The fraction of sp³-hybridized carbons (Fsp3) is 0. The molecule has 4 heteroatoms. The van der Waals surface area contributed by atoms with Crippen molar-refractivity contribution in [3.63, 3.8) is 0 Å². The summed E-state index contributed by atoms with van der Waals surface area (Å²) >= 11 is 12.0. The van der Waals surface area contributed by atoms with Gasteiger partial charge < -0.3 is 5.32 Å². The molecule has 2 aromatic rings. The second-order valence-corrected chi connectivity index (χ2v) is 4.63. The molecule has 0 saturated carbocycles. The first-order chi connectivity index (χ1) is 9.18. The average molecular weight is 292 g/mol. The van der Waals surface area contributed by atoms with Gasteiger partial charge in [-0.25, -0.2) is 0 Å². The summed E-state index contributed by atoms with van der Waals surface area (Å²) in [6.45, 7) is 0. The van der Waals surface area contributed by atoms with Crippen molar-refractivity contribution < 1.29 is 4.79 Å². The predicted octanol–water partition coefficient (Wildman–Crippen LogP) is 4.72. The number of nitrogens with one attached hydrogen (secondary N) is 1. The lowest BCUT2D eigenvalue weighted by atomic mass is 10.1. The molecular weight excluding hydrogens is 281 g/mol. The lowest BCUT2D eigenvalue weighted by Gasteiger charge is -2.04. The van der Waals surface area contributed by atoms with Crippen LogP contribution in [0, 0.1) is 0 Å². The third-order valence-electron chi connectivity index (χ3n) is 2.48. The van der Waals surface area contributed by atoms with Gasteiger partial charge in [-0.3, -0.25) is 4.79 Å². The van der Waals surface area contributed by atoms with Gasteiger partial charge in [0.2, 0.25) is 5.78 Å². The molecule has 0 aromatic heterocycles. The van der Waals surface area contributed by atoms with E-state index < -0.39 is 0 Å². The summed E-state index contributed by atoms with van der Waals surface area (Å²) in [7, 11) is 0. The van der Waals surface area contributed by atoms with E-state index >= 15 is 0 Å². The van der Waals surface area contributed by atoms with Crippen LogP contribution in [0.2, 0.25) is 5.02 Å². The van der Waals surface area contributed by atoms with Crippen LogP contribution in [0.4, 0.5) is 5.69 Å². The highest BCUT2D eigenvalue weighted by molar-refractivity contribution is 6.45. The number of anilines is 1. The molecule has 0 aliphatic heterocycles. The van der Waals surface area contributed by atoms with E-state index in [1.165, 1.54) is 6.20 Å². The summed E-state index contributed by atoms with van der Waals surface area (Å²) < 4.78 is 0. The van der Waals surface area contributed by atoms with Gasteiger partial charge in [-0.15, -0.1) is 0 Å². The zero-order valence-electron chi connectivity index (χ0n) is 9.94. The number of rotatable bonds is 4. The molecule has 2 aromatic carbocycles. The molecule has 2 rings (SSSR count). The summed E-state index contributed by atoms with van der Waals surface area (Å²) in [6.07, 6.45) is 1.44. The van der Waals surface area contributed by atoms with Crippen LogP contribution in [0.5, 0.6) is 0 Å². The highest BCUT2D eigenvalue weighted by Gasteiger charge is 2.09. The van der Waals surface area contributed by atoms with Gasteiger partial charge in [0.15, 0.2) is 0 Å². The van der Waals surface area contributed by atoms with Crippen LogP contribution in [0.1, 0.15) is 10.4 Å². The largest absolute Gasteiger partial charge is 0.359 e. The average Bonchev–Trinajstić information content (AvgIpc) is 2.46. The van der Waals surface area contributed by atoms with Crippen LogP contribution in [-0.2, 0) is 0 Å². The third-order valence-corrected chi connectivity index (χ3v) is 3.09. The fourth-order valence-electron chi connectivity index (χ4n) is 1.51. The summed E-state index contributed by atoms with van der Waals surface area (Å²) in [6, 6.07) is 16.1. The molecule has 0 radical (unpaired) electrons. The number of carbonyl (C=O) groups is 1.